The van der Waals surface area contributed by atoms with Crippen LogP contribution in [0.15, 0.2) is 48.5 Å². The van der Waals surface area contributed by atoms with Crippen molar-refractivity contribution in [1.82, 2.24) is 15.2 Å². The number of nitrogens with one attached hydrogen (secondary N) is 1. The molecule has 0 spiro atoms. The predicted octanol–water partition coefficient (Wildman–Crippen LogP) is 5.08. The molecule has 4 rings (SSSR count). The number of allylic oxidation sites excluding steroid dienone is 1. The van der Waals surface area contributed by atoms with Crippen molar-refractivity contribution in [2.75, 3.05) is 4.72 Å². The van der Waals surface area contributed by atoms with E-state index in [-0.39, 0.29) is 17.1 Å². The molecule has 0 bridgehead atoms. The van der Waals surface area contributed by atoms with Gasteiger partial charge in [-0.25, -0.2) is 22.2 Å². The van der Waals surface area contributed by atoms with E-state index in [9.17, 15) is 17.2 Å². The summed E-state index contributed by atoms with van der Waals surface area (Å²) in [6.07, 6.45) is 5.00. The SMILES string of the molecule is CCC1(c2cccc(NS(=O)(=O)C(C)C)n2)CC=Cc2cc(-c3c(F)cccc3F)nnc21. The minimum Gasteiger partial charge on any atom is -0.267 e. The van der Waals surface area contributed by atoms with Crippen molar-refractivity contribution in [2.45, 2.75) is 44.3 Å². The third kappa shape index (κ3) is 4.13. The molecule has 0 fully saturated rings. The van der Waals surface area contributed by atoms with Gasteiger partial charge in [0.1, 0.15) is 17.5 Å². The van der Waals surface area contributed by atoms with E-state index in [4.69, 9.17) is 0 Å². The molecule has 0 radical (unpaired) electrons. The Morgan fingerprint density at radius 3 is 2.45 bits per heavy atom. The van der Waals surface area contributed by atoms with Gasteiger partial charge < -0.3 is 0 Å². The summed E-state index contributed by atoms with van der Waals surface area (Å²) in [6.45, 7) is 5.17. The van der Waals surface area contributed by atoms with Crippen molar-refractivity contribution >= 4 is 21.9 Å². The third-order valence-corrected chi connectivity index (χ3v) is 7.70. The van der Waals surface area contributed by atoms with Crippen LogP contribution in [0.3, 0.4) is 0 Å². The summed E-state index contributed by atoms with van der Waals surface area (Å²) in [5.74, 6) is -1.20. The molecule has 172 valence electrons. The van der Waals surface area contributed by atoms with E-state index in [0.29, 0.717) is 29.8 Å². The van der Waals surface area contributed by atoms with Crippen molar-refractivity contribution in [3.05, 3.63) is 77.1 Å². The first-order valence-corrected chi connectivity index (χ1v) is 12.2. The zero-order valence-electron chi connectivity index (χ0n) is 18.5. The second-order valence-electron chi connectivity index (χ2n) is 8.28. The van der Waals surface area contributed by atoms with Crippen LogP contribution in [0.1, 0.15) is 50.6 Å². The second-order valence-corrected chi connectivity index (χ2v) is 10.5. The van der Waals surface area contributed by atoms with Gasteiger partial charge in [-0.2, -0.15) is 5.10 Å². The van der Waals surface area contributed by atoms with Gasteiger partial charge in [-0.3, -0.25) is 4.72 Å². The van der Waals surface area contributed by atoms with Crippen LogP contribution in [-0.2, 0) is 15.4 Å². The third-order valence-electron chi connectivity index (χ3n) is 5.97. The van der Waals surface area contributed by atoms with Crippen LogP contribution in [0.2, 0.25) is 0 Å². The first kappa shape index (κ1) is 23.0. The zero-order chi connectivity index (χ0) is 23.8. The van der Waals surface area contributed by atoms with Crippen molar-refractivity contribution in [1.29, 1.82) is 0 Å². The number of nitrogens with zero attached hydrogens (tertiary/aromatic N) is 3. The Balaban J connectivity index is 1.80. The molecule has 2 aromatic heterocycles. The van der Waals surface area contributed by atoms with E-state index in [1.165, 1.54) is 18.2 Å². The molecule has 9 heteroatoms. The number of rotatable bonds is 6. The van der Waals surface area contributed by atoms with Crippen LogP contribution in [0.5, 0.6) is 0 Å². The summed E-state index contributed by atoms with van der Waals surface area (Å²) < 4.78 is 55.8. The van der Waals surface area contributed by atoms with Crippen LogP contribution in [0.25, 0.3) is 17.3 Å². The monoisotopic (exact) mass is 470 g/mol. The Hall–Kier alpha value is -3.20. The maximum absolute atomic E-state index is 14.3. The molecule has 0 saturated carbocycles. The van der Waals surface area contributed by atoms with E-state index < -0.39 is 32.3 Å². The molecule has 1 aliphatic rings. The number of hydrogen-bond acceptors (Lipinski definition) is 5. The molecule has 33 heavy (non-hydrogen) atoms. The lowest BCUT2D eigenvalue weighted by Crippen LogP contribution is -2.32. The first-order valence-electron chi connectivity index (χ1n) is 10.7. The molecule has 1 aliphatic carbocycles. The maximum atomic E-state index is 14.3. The number of aromatic nitrogens is 3. The Labute approximate surface area is 191 Å². The summed E-state index contributed by atoms with van der Waals surface area (Å²) >= 11 is 0. The number of fused-ring (bicyclic) bond motifs is 1. The minimum absolute atomic E-state index is 0.104. The van der Waals surface area contributed by atoms with Crippen LogP contribution in [0, 0.1) is 11.6 Å². The molecule has 6 nitrogen and oxygen atoms in total. The smallest absolute Gasteiger partial charge is 0.236 e. The number of pyridine rings is 1. The lowest BCUT2D eigenvalue weighted by Gasteiger charge is -2.34. The van der Waals surface area contributed by atoms with Crippen molar-refractivity contribution in [3.63, 3.8) is 0 Å². The highest BCUT2D eigenvalue weighted by Crippen LogP contribution is 2.43. The first-order chi connectivity index (χ1) is 15.7. The van der Waals surface area contributed by atoms with Gasteiger partial charge in [0, 0.05) is 5.56 Å². The molecule has 3 aromatic rings. The fourth-order valence-electron chi connectivity index (χ4n) is 3.99. The summed E-state index contributed by atoms with van der Waals surface area (Å²) in [5.41, 5.74) is 1.17. The van der Waals surface area contributed by atoms with Crippen molar-refractivity contribution < 1.29 is 17.2 Å². The zero-order valence-corrected chi connectivity index (χ0v) is 19.3. The van der Waals surface area contributed by atoms with Gasteiger partial charge in [0.15, 0.2) is 0 Å². The fourth-order valence-corrected chi connectivity index (χ4v) is 4.63. The highest BCUT2D eigenvalue weighted by atomic mass is 32.2. The number of sulfonamides is 1. The number of anilines is 1. The van der Waals surface area contributed by atoms with E-state index in [2.05, 4.69) is 19.9 Å². The van der Waals surface area contributed by atoms with E-state index in [1.807, 2.05) is 25.1 Å². The molecule has 0 amide bonds. The summed E-state index contributed by atoms with van der Waals surface area (Å²) in [6, 6.07) is 10.4. The van der Waals surface area contributed by atoms with Crippen LogP contribution >= 0.6 is 0 Å². The lowest BCUT2D eigenvalue weighted by atomic mass is 9.71. The van der Waals surface area contributed by atoms with Crippen LogP contribution in [0.4, 0.5) is 14.6 Å². The standard InChI is InChI=1S/C24H24F2N4O2S/c1-4-24(20-11-6-12-21(27-20)30-33(31,32)15(2)3)13-7-8-16-14-19(28-29-23(16)24)22-17(25)9-5-10-18(22)26/h5-12,14-15H,4,13H2,1-3H3,(H,27,30). The minimum atomic E-state index is -3.56. The van der Waals surface area contributed by atoms with Crippen LogP contribution < -0.4 is 4.72 Å². The molecule has 1 unspecified atom stereocenters. The molecule has 1 N–H and O–H groups in total. The van der Waals surface area contributed by atoms with E-state index >= 15 is 0 Å². The summed E-state index contributed by atoms with van der Waals surface area (Å²) in [7, 11) is -3.56. The molecule has 0 saturated heterocycles. The van der Waals surface area contributed by atoms with Crippen molar-refractivity contribution in [2.24, 2.45) is 0 Å². The summed E-state index contributed by atoms with van der Waals surface area (Å²) in [5, 5.41) is 7.95. The number of benzene rings is 1. The van der Waals surface area contributed by atoms with Gasteiger partial charge >= 0.3 is 0 Å². The summed E-state index contributed by atoms with van der Waals surface area (Å²) in [4.78, 5) is 4.60. The molecular formula is C24H24F2N4O2S. The Bertz CT molecular complexity index is 1320. The second kappa shape index (κ2) is 8.62. The Morgan fingerprint density at radius 2 is 1.79 bits per heavy atom. The van der Waals surface area contributed by atoms with Gasteiger partial charge in [0.2, 0.25) is 10.0 Å². The molecular weight excluding hydrogens is 446 g/mol. The topological polar surface area (TPSA) is 84.8 Å². The van der Waals surface area contributed by atoms with Gasteiger partial charge in [0.05, 0.1) is 33.3 Å². The van der Waals surface area contributed by atoms with Crippen LogP contribution in [-0.4, -0.2) is 28.8 Å². The van der Waals surface area contributed by atoms with E-state index in [0.717, 1.165) is 0 Å². The van der Waals surface area contributed by atoms with E-state index in [1.54, 1.807) is 32.0 Å². The van der Waals surface area contributed by atoms with Gasteiger partial charge in [-0.1, -0.05) is 31.2 Å². The predicted molar refractivity (Wildman–Crippen MR) is 124 cm³/mol. The molecule has 2 heterocycles. The maximum Gasteiger partial charge on any atom is 0.236 e. The van der Waals surface area contributed by atoms with Gasteiger partial charge in [0.25, 0.3) is 0 Å². The number of hydrogen-bond donors (Lipinski definition) is 1. The average molecular weight is 471 g/mol. The average Bonchev–Trinajstić information content (AvgIpc) is 2.78. The molecule has 1 atom stereocenters. The fraction of sp³-hybridized carbons (Fsp3) is 0.292. The Kier molecular flexibility index (Phi) is 6.00. The number of halogens is 2. The van der Waals surface area contributed by atoms with Gasteiger partial charge in [-0.05, 0) is 57.0 Å². The Morgan fingerprint density at radius 1 is 1.09 bits per heavy atom. The van der Waals surface area contributed by atoms with Crippen molar-refractivity contribution in [3.8, 4) is 11.3 Å². The lowest BCUT2D eigenvalue weighted by molar-refractivity contribution is 0.463. The highest BCUT2D eigenvalue weighted by molar-refractivity contribution is 7.93. The normalized spacial score (nSPS) is 17.8. The largest absolute Gasteiger partial charge is 0.267 e. The quantitative estimate of drug-likeness (QED) is 0.543. The van der Waals surface area contributed by atoms with Gasteiger partial charge in [-0.15, -0.1) is 5.10 Å². The highest BCUT2D eigenvalue weighted by Gasteiger charge is 2.39. The molecule has 1 aromatic carbocycles. The molecule has 0 aliphatic heterocycles.